The molecule has 0 fully saturated rings. The molecule has 1 aromatic carbocycles. The molecule has 3 rings (SSSR count). The molecule has 0 nitrogen and oxygen atoms in total. The third kappa shape index (κ3) is 4.33. The summed E-state index contributed by atoms with van der Waals surface area (Å²) >= 11 is 1.60. The van der Waals surface area contributed by atoms with Crippen LogP contribution in [0.2, 0.25) is 42.4 Å². The summed E-state index contributed by atoms with van der Waals surface area (Å²) in [7, 11) is -2.61. The fourth-order valence-corrected chi connectivity index (χ4v) is 7.39. The van der Waals surface area contributed by atoms with E-state index >= 15 is 0 Å². The zero-order chi connectivity index (χ0) is 18.1. The van der Waals surface area contributed by atoms with E-state index in [1.54, 1.807) is 40.7 Å². The van der Waals surface area contributed by atoms with Crippen LogP contribution in [-0.4, -0.2) is 16.1 Å². The molecular weight excluding hydrogens is 471 g/mol. The van der Waals surface area contributed by atoms with Gasteiger partial charge in [0.1, 0.15) is 0 Å². The number of allylic oxidation sites excluding steroid dienone is 5. The van der Waals surface area contributed by atoms with Gasteiger partial charge in [0.15, 0.2) is 0 Å². The third-order valence-electron chi connectivity index (χ3n) is 5.29. The van der Waals surface area contributed by atoms with E-state index < -0.39 is 16.1 Å². The van der Waals surface area contributed by atoms with Crippen molar-refractivity contribution >= 4 is 57.8 Å². The maximum absolute atomic E-state index is 2.58. The van der Waals surface area contributed by atoms with Crippen molar-refractivity contribution in [2.75, 3.05) is 0 Å². The fraction of sp³-hybridized carbons (Fsp3) is 0.429. The Labute approximate surface area is 189 Å². The molecule has 0 bridgehead atoms. The summed E-state index contributed by atoms with van der Waals surface area (Å²) in [6.07, 6.45) is 7.59. The van der Waals surface area contributed by atoms with Crippen LogP contribution in [-0.2, 0) is 24.7 Å². The van der Waals surface area contributed by atoms with Crippen molar-refractivity contribution < 1.29 is 24.7 Å². The van der Waals surface area contributed by atoms with Crippen LogP contribution in [0.4, 0.5) is 0 Å². The normalized spacial score (nSPS) is 21.4. The van der Waals surface area contributed by atoms with Crippen molar-refractivity contribution in [3.8, 4) is 0 Å². The number of rotatable bonds is 2. The van der Waals surface area contributed by atoms with Gasteiger partial charge in [0.25, 0.3) is 0 Å². The molecule has 1 atom stereocenters. The van der Waals surface area contributed by atoms with Gasteiger partial charge in [0, 0.05) is 0 Å². The SMILES string of the molecule is Cc1cc([Si](C)(C)C)cc2c1C=C1C2=CC([Si](C)(C)C)=C[C]1(C)[Zr].Cl.Cl. The Morgan fingerprint density at radius 3 is 1.96 bits per heavy atom. The van der Waals surface area contributed by atoms with Gasteiger partial charge in [-0.2, -0.15) is 0 Å². The van der Waals surface area contributed by atoms with Crippen molar-refractivity contribution in [2.45, 2.75) is 56.3 Å². The molecule has 0 heterocycles. The molecule has 5 heteroatoms. The van der Waals surface area contributed by atoms with Crippen LogP contribution in [0.15, 0.2) is 35.1 Å². The summed E-state index contributed by atoms with van der Waals surface area (Å²) in [5.41, 5.74) is 7.49. The zero-order valence-corrected chi connectivity index (χ0v) is 23.3. The van der Waals surface area contributed by atoms with Crippen molar-refractivity contribution in [1.29, 1.82) is 0 Å². The Kier molecular flexibility index (Phi) is 7.16. The first-order valence-corrected chi connectivity index (χ1v) is 17.1. The number of hydrogen-bond acceptors (Lipinski definition) is 0. The van der Waals surface area contributed by atoms with E-state index in [-0.39, 0.29) is 27.9 Å². The Morgan fingerprint density at radius 2 is 1.46 bits per heavy atom. The van der Waals surface area contributed by atoms with Crippen molar-refractivity contribution in [3.63, 3.8) is 0 Å². The second kappa shape index (κ2) is 7.63. The fourth-order valence-electron chi connectivity index (χ4n) is 3.62. The first-order valence-electron chi connectivity index (χ1n) is 8.89. The minimum absolute atomic E-state index is 0. The third-order valence-corrected chi connectivity index (χ3v) is 10.3. The summed E-state index contributed by atoms with van der Waals surface area (Å²) in [6, 6.07) is 4.97. The van der Waals surface area contributed by atoms with Crippen molar-refractivity contribution in [2.24, 2.45) is 0 Å². The van der Waals surface area contributed by atoms with Crippen LogP contribution in [0.5, 0.6) is 0 Å². The molecule has 0 N–H and O–H groups in total. The summed E-state index contributed by atoms with van der Waals surface area (Å²) in [5, 5.41) is 3.21. The van der Waals surface area contributed by atoms with Crippen LogP contribution in [0.1, 0.15) is 23.6 Å². The van der Waals surface area contributed by atoms with Gasteiger partial charge in [-0.3, -0.25) is 0 Å². The van der Waals surface area contributed by atoms with Crippen molar-refractivity contribution in [1.82, 2.24) is 0 Å². The van der Waals surface area contributed by atoms with E-state index in [0.29, 0.717) is 0 Å². The number of aryl methyl sites for hydroxylation is 1. The molecule has 2 aliphatic rings. The standard InChI is InChI=1S/C21H29Si2.2ClH.Zr/c1-14-9-16(22(3,4)5)11-20-18(14)13-19-15(2)10-17(12-21(19)20)23(6,7)8;;;/h9-13H,1-8H3;2*1H;. The summed E-state index contributed by atoms with van der Waals surface area (Å²) in [6.45, 7) is 19.5. The molecule has 0 radical (unpaired) electrons. The molecule has 0 aliphatic heterocycles. The van der Waals surface area contributed by atoms with Gasteiger partial charge in [-0.15, -0.1) is 24.8 Å². The van der Waals surface area contributed by atoms with Gasteiger partial charge in [-0.05, 0) is 0 Å². The smallest absolute Gasteiger partial charge is 0.147 e. The summed E-state index contributed by atoms with van der Waals surface area (Å²) in [4.78, 5) is 0. The average molecular weight is 502 g/mol. The minimum Gasteiger partial charge on any atom is -0.147 e. The van der Waals surface area contributed by atoms with E-state index in [1.807, 2.05) is 0 Å². The molecule has 0 saturated carbocycles. The maximum atomic E-state index is 2.58. The minimum atomic E-state index is -1.31. The van der Waals surface area contributed by atoms with Gasteiger partial charge in [0.05, 0.1) is 0 Å². The number of fused-ring (bicyclic) bond motifs is 3. The molecule has 26 heavy (non-hydrogen) atoms. The van der Waals surface area contributed by atoms with Crippen LogP contribution in [0, 0.1) is 6.92 Å². The monoisotopic (exact) mass is 499 g/mol. The second-order valence-corrected chi connectivity index (χ2v) is 22.4. The average Bonchev–Trinajstić information content (AvgIpc) is 2.76. The quantitative estimate of drug-likeness (QED) is 0.395. The van der Waals surface area contributed by atoms with E-state index in [1.165, 1.54) is 22.3 Å². The van der Waals surface area contributed by atoms with Crippen LogP contribution in [0.3, 0.4) is 0 Å². The molecule has 0 spiro atoms. The largest absolute Gasteiger partial charge is 0.147 e. The Bertz CT molecular complexity index is 820. The first kappa shape index (κ1) is 24.4. The van der Waals surface area contributed by atoms with Gasteiger partial charge in [-0.25, -0.2) is 0 Å². The summed E-state index contributed by atoms with van der Waals surface area (Å²) < 4.78 is 0.219. The van der Waals surface area contributed by atoms with Crippen molar-refractivity contribution in [3.05, 3.63) is 51.7 Å². The predicted octanol–water partition coefficient (Wildman–Crippen LogP) is 6.71. The maximum Gasteiger partial charge on any atom is -0.147 e. The van der Waals surface area contributed by atoms with E-state index in [4.69, 9.17) is 0 Å². The molecule has 2 aliphatic carbocycles. The van der Waals surface area contributed by atoms with Gasteiger partial charge < -0.3 is 0 Å². The molecule has 141 valence electrons. The number of hydrogen-bond donors (Lipinski definition) is 0. The van der Waals surface area contributed by atoms with Gasteiger partial charge in [0.2, 0.25) is 0 Å². The first-order chi connectivity index (χ1) is 10.8. The van der Waals surface area contributed by atoms with Crippen LogP contribution in [0.25, 0.3) is 11.6 Å². The molecule has 0 aromatic heterocycles. The number of halogens is 2. The molecular formula is C21H31Cl2Si2Zr. The molecule has 0 saturated heterocycles. The molecule has 1 aromatic rings. The van der Waals surface area contributed by atoms with Crippen LogP contribution >= 0.6 is 24.8 Å². The van der Waals surface area contributed by atoms with E-state index in [9.17, 15) is 0 Å². The Morgan fingerprint density at radius 1 is 0.885 bits per heavy atom. The Balaban J connectivity index is 0.00000169. The molecule has 0 amide bonds. The van der Waals surface area contributed by atoms with Gasteiger partial charge in [-0.1, -0.05) is 0 Å². The molecule has 1 unspecified atom stereocenters. The van der Waals surface area contributed by atoms with E-state index in [2.05, 4.69) is 83.5 Å². The summed E-state index contributed by atoms with van der Waals surface area (Å²) in [5.74, 6) is 0. The second-order valence-electron chi connectivity index (χ2n) is 9.67. The van der Waals surface area contributed by atoms with Gasteiger partial charge >= 0.3 is 166 Å². The number of benzene rings is 1. The Hall–Kier alpha value is 0.337. The van der Waals surface area contributed by atoms with Crippen LogP contribution < -0.4 is 5.19 Å². The topological polar surface area (TPSA) is 0 Å². The van der Waals surface area contributed by atoms with E-state index in [0.717, 1.165) is 0 Å². The predicted molar refractivity (Wildman–Crippen MR) is 124 cm³/mol. The zero-order valence-electron chi connectivity index (χ0n) is 17.2.